The van der Waals surface area contributed by atoms with Crippen molar-refractivity contribution in [3.05, 3.63) is 77.0 Å². The van der Waals surface area contributed by atoms with Crippen LogP contribution < -0.4 is 10.6 Å². The van der Waals surface area contributed by atoms with Gasteiger partial charge in [-0.1, -0.05) is 37.6 Å². The number of hydrogen-bond acceptors (Lipinski definition) is 3. The van der Waals surface area contributed by atoms with E-state index in [0.717, 1.165) is 11.1 Å². The molecule has 0 saturated carbocycles. The summed E-state index contributed by atoms with van der Waals surface area (Å²) in [4.78, 5) is 23.9. The summed E-state index contributed by atoms with van der Waals surface area (Å²) in [6.45, 7) is 5.60. The smallest absolute Gasteiger partial charge is 0.248 e. The molecule has 2 N–H and O–H groups in total. The summed E-state index contributed by atoms with van der Waals surface area (Å²) in [5.41, 5.74) is 3.18. The molecule has 6 heteroatoms. The fraction of sp³-hybridized carbons (Fsp3) is 0.167. The number of amides is 2. The van der Waals surface area contributed by atoms with Crippen molar-refractivity contribution >= 4 is 40.9 Å². The number of rotatable bonds is 6. The first-order valence-electron chi connectivity index (χ1n) is 9.58. The SMILES string of the molecule is Cc1ccc(-c2ccc(C=CC(=O)Nc3ccc(NC(=O)C(C)C)cc3)o2)cc1Cl. The quantitative estimate of drug-likeness (QED) is 0.467. The van der Waals surface area contributed by atoms with Gasteiger partial charge in [0.1, 0.15) is 11.5 Å². The molecule has 30 heavy (non-hydrogen) atoms. The van der Waals surface area contributed by atoms with E-state index in [1.807, 2.05) is 45.0 Å². The van der Waals surface area contributed by atoms with Crippen LogP contribution in [0.3, 0.4) is 0 Å². The normalized spacial score (nSPS) is 11.1. The standard InChI is InChI=1S/C24H23ClN2O3/c1-15(2)24(29)27-19-8-6-18(7-9-19)26-23(28)13-11-20-10-12-22(30-20)17-5-4-16(3)21(25)14-17/h4-15H,1-3H3,(H,26,28)(H,27,29). The van der Waals surface area contributed by atoms with E-state index in [1.165, 1.54) is 6.08 Å². The van der Waals surface area contributed by atoms with E-state index in [9.17, 15) is 9.59 Å². The Morgan fingerprint density at radius 1 is 0.967 bits per heavy atom. The molecule has 0 radical (unpaired) electrons. The van der Waals surface area contributed by atoms with Crippen molar-refractivity contribution in [1.29, 1.82) is 0 Å². The highest BCUT2D eigenvalue weighted by Gasteiger charge is 2.08. The van der Waals surface area contributed by atoms with Crippen LogP contribution in [0.1, 0.15) is 25.2 Å². The van der Waals surface area contributed by atoms with Crippen molar-refractivity contribution in [3.63, 3.8) is 0 Å². The van der Waals surface area contributed by atoms with Crippen molar-refractivity contribution in [3.8, 4) is 11.3 Å². The van der Waals surface area contributed by atoms with Gasteiger partial charge in [0.25, 0.3) is 0 Å². The summed E-state index contributed by atoms with van der Waals surface area (Å²) >= 11 is 6.17. The average Bonchev–Trinajstić information content (AvgIpc) is 3.19. The summed E-state index contributed by atoms with van der Waals surface area (Å²) in [6.07, 6.45) is 3.01. The van der Waals surface area contributed by atoms with Crippen LogP contribution >= 0.6 is 11.6 Å². The van der Waals surface area contributed by atoms with Gasteiger partial charge in [0.15, 0.2) is 0 Å². The number of hydrogen-bond donors (Lipinski definition) is 2. The number of nitrogens with one attached hydrogen (secondary N) is 2. The van der Waals surface area contributed by atoms with E-state index < -0.39 is 0 Å². The predicted octanol–water partition coefficient (Wildman–Crippen LogP) is 6.15. The van der Waals surface area contributed by atoms with Crippen LogP contribution in [-0.4, -0.2) is 11.8 Å². The Bertz CT molecular complexity index is 1080. The van der Waals surface area contributed by atoms with Crippen LogP contribution in [0, 0.1) is 12.8 Å². The van der Waals surface area contributed by atoms with E-state index in [0.29, 0.717) is 27.9 Å². The molecule has 5 nitrogen and oxygen atoms in total. The zero-order chi connectivity index (χ0) is 21.7. The highest BCUT2D eigenvalue weighted by Crippen LogP contribution is 2.27. The molecule has 154 valence electrons. The molecule has 0 bridgehead atoms. The lowest BCUT2D eigenvalue weighted by Gasteiger charge is -2.08. The maximum atomic E-state index is 12.2. The maximum absolute atomic E-state index is 12.2. The van der Waals surface area contributed by atoms with Gasteiger partial charge in [-0.3, -0.25) is 9.59 Å². The number of aryl methyl sites for hydroxylation is 1. The molecule has 0 unspecified atom stereocenters. The van der Waals surface area contributed by atoms with E-state index in [2.05, 4.69) is 10.6 Å². The minimum absolute atomic E-state index is 0.0551. The van der Waals surface area contributed by atoms with Gasteiger partial charge >= 0.3 is 0 Å². The molecule has 0 aliphatic heterocycles. The average molecular weight is 423 g/mol. The molecule has 3 rings (SSSR count). The summed E-state index contributed by atoms with van der Waals surface area (Å²) in [5.74, 6) is 0.796. The molecule has 2 amide bonds. The minimum atomic E-state index is -0.287. The van der Waals surface area contributed by atoms with Crippen molar-refractivity contribution in [2.75, 3.05) is 10.6 Å². The lowest BCUT2D eigenvalue weighted by Crippen LogP contribution is -2.17. The summed E-state index contributed by atoms with van der Waals surface area (Å²) in [5, 5.41) is 6.25. The minimum Gasteiger partial charge on any atom is -0.457 e. The zero-order valence-electron chi connectivity index (χ0n) is 17.0. The van der Waals surface area contributed by atoms with Crippen molar-refractivity contribution in [1.82, 2.24) is 0 Å². The zero-order valence-corrected chi connectivity index (χ0v) is 17.8. The van der Waals surface area contributed by atoms with E-state index in [-0.39, 0.29) is 17.7 Å². The van der Waals surface area contributed by atoms with E-state index >= 15 is 0 Å². The monoisotopic (exact) mass is 422 g/mol. The Morgan fingerprint density at radius 3 is 2.27 bits per heavy atom. The fourth-order valence-electron chi connectivity index (χ4n) is 2.61. The molecular weight excluding hydrogens is 400 g/mol. The molecule has 3 aromatic rings. The fourth-order valence-corrected chi connectivity index (χ4v) is 2.79. The van der Waals surface area contributed by atoms with Crippen molar-refractivity contribution < 1.29 is 14.0 Å². The third-order valence-electron chi connectivity index (χ3n) is 4.43. The van der Waals surface area contributed by atoms with Crippen LogP contribution in [-0.2, 0) is 9.59 Å². The largest absolute Gasteiger partial charge is 0.457 e. The lowest BCUT2D eigenvalue weighted by atomic mass is 10.1. The van der Waals surface area contributed by atoms with Crippen LogP contribution in [0.2, 0.25) is 5.02 Å². The second kappa shape index (κ2) is 9.46. The highest BCUT2D eigenvalue weighted by atomic mass is 35.5. The molecule has 1 aromatic heterocycles. The van der Waals surface area contributed by atoms with Crippen LogP contribution in [0.15, 0.2) is 65.1 Å². The van der Waals surface area contributed by atoms with E-state index in [4.69, 9.17) is 16.0 Å². The first-order chi connectivity index (χ1) is 14.3. The first-order valence-corrected chi connectivity index (χ1v) is 9.96. The Morgan fingerprint density at radius 2 is 1.63 bits per heavy atom. The number of anilines is 2. The molecule has 0 aliphatic rings. The lowest BCUT2D eigenvalue weighted by molar-refractivity contribution is -0.119. The predicted molar refractivity (Wildman–Crippen MR) is 121 cm³/mol. The molecule has 1 heterocycles. The summed E-state index contributed by atoms with van der Waals surface area (Å²) in [7, 11) is 0. The van der Waals surface area contributed by atoms with Gasteiger partial charge in [-0.05, 0) is 61.0 Å². The number of carbonyl (C=O) groups excluding carboxylic acids is 2. The van der Waals surface area contributed by atoms with Crippen LogP contribution in [0.5, 0.6) is 0 Å². The number of furan rings is 1. The molecule has 0 saturated heterocycles. The summed E-state index contributed by atoms with van der Waals surface area (Å²) in [6, 6.07) is 16.3. The Labute approximate surface area is 180 Å². The second-order valence-electron chi connectivity index (χ2n) is 7.21. The maximum Gasteiger partial charge on any atom is 0.248 e. The Kier molecular flexibility index (Phi) is 6.75. The Hall–Kier alpha value is -3.31. The van der Waals surface area contributed by atoms with Gasteiger partial charge in [-0.2, -0.15) is 0 Å². The highest BCUT2D eigenvalue weighted by molar-refractivity contribution is 6.31. The van der Waals surface area contributed by atoms with Gasteiger partial charge in [0, 0.05) is 34.0 Å². The van der Waals surface area contributed by atoms with Crippen molar-refractivity contribution in [2.24, 2.45) is 5.92 Å². The number of carbonyl (C=O) groups is 2. The number of benzene rings is 2. The third-order valence-corrected chi connectivity index (χ3v) is 4.83. The molecule has 2 aromatic carbocycles. The van der Waals surface area contributed by atoms with Gasteiger partial charge in [0.05, 0.1) is 0 Å². The molecule has 0 spiro atoms. The molecule has 0 fully saturated rings. The summed E-state index contributed by atoms with van der Waals surface area (Å²) < 4.78 is 5.77. The first kappa shape index (κ1) is 21.4. The van der Waals surface area contributed by atoms with Gasteiger partial charge in [0.2, 0.25) is 11.8 Å². The Balaban J connectivity index is 1.59. The second-order valence-corrected chi connectivity index (χ2v) is 7.62. The van der Waals surface area contributed by atoms with Crippen LogP contribution in [0.4, 0.5) is 11.4 Å². The van der Waals surface area contributed by atoms with Gasteiger partial charge in [-0.25, -0.2) is 0 Å². The van der Waals surface area contributed by atoms with Gasteiger partial charge in [-0.15, -0.1) is 0 Å². The van der Waals surface area contributed by atoms with Crippen LogP contribution in [0.25, 0.3) is 17.4 Å². The number of halogens is 1. The molecular formula is C24H23ClN2O3. The molecule has 0 atom stereocenters. The van der Waals surface area contributed by atoms with Gasteiger partial charge < -0.3 is 15.1 Å². The van der Waals surface area contributed by atoms with E-state index in [1.54, 1.807) is 36.4 Å². The topological polar surface area (TPSA) is 71.3 Å². The third kappa shape index (κ3) is 5.61. The molecule has 0 aliphatic carbocycles. The van der Waals surface area contributed by atoms with Crippen molar-refractivity contribution in [2.45, 2.75) is 20.8 Å².